The predicted octanol–water partition coefficient (Wildman–Crippen LogP) is 1.60. The van der Waals surface area contributed by atoms with E-state index in [1.165, 1.54) is 0 Å². The Morgan fingerprint density at radius 3 is 2.67 bits per heavy atom. The molecule has 3 heteroatoms. The fourth-order valence-electron chi connectivity index (χ4n) is 1.46. The quantitative estimate of drug-likeness (QED) is 0.738. The number of aryl methyl sites for hydroxylation is 1. The summed E-state index contributed by atoms with van der Waals surface area (Å²) in [6.07, 6.45) is 7.23. The first-order valence-electron chi connectivity index (χ1n) is 4.81. The minimum absolute atomic E-state index is 0.0358. The molecule has 0 aliphatic rings. The molecule has 0 unspecified atom stereocenters. The van der Waals surface area contributed by atoms with E-state index in [0.717, 1.165) is 17.7 Å². The summed E-state index contributed by atoms with van der Waals surface area (Å²) < 4.78 is 1.96. The molecule has 2 heterocycles. The van der Waals surface area contributed by atoms with Crippen molar-refractivity contribution in [3.05, 3.63) is 64.3 Å². The Hall–Kier alpha value is -1.90. The molecular weight excluding hydrogens is 188 g/mol. The molecule has 2 rings (SSSR count). The highest BCUT2D eigenvalue weighted by Crippen LogP contribution is 2.03. The maximum absolute atomic E-state index is 10.9. The number of pyridine rings is 2. The van der Waals surface area contributed by atoms with Gasteiger partial charge in [0.05, 0.1) is 0 Å². The van der Waals surface area contributed by atoms with Crippen LogP contribution < -0.4 is 5.43 Å². The van der Waals surface area contributed by atoms with E-state index in [-0.39, 0.29) is 5.43 Å². The van der Waals surface area contributed by atoms with Crippen molar-refractivity contribution in [2.24, 2.45) is 0 Å². The summed E-state index contributed by atoms with van der Waals surface area (Å²) in [5.41, 5.74) is 2.32. The predicted molar refractivity (Wildman–Crippen MR) is 58.8 cm³/mol. The molecule has 0 spiro atoms. The molecule has 0 saturated heterocycles. The van der Waals surface area contributed by atoms with Crippen LogP contribution in [0.5, 0.6) is 0 Å². The van der Waals surface area contributed by atoms with Crippen LogP contribution in [0.1, 0.15) is 11.1 Å². The van der Waals surface area contributed by atoms with Crippen molar-refractivity contribution in [2.75, 3.05) is 0 Å². The molecule has 15 heavy (non-hydrogen) atoms. The van der Waals surface area contributed by atoms with Crippen LogP contribution in [0.3, 0.4) is 0 Å². The smallest absolute Gasteiger partial charge is 0.181 e. The molecule has 2 aromatic heterocycles. The van der Waals surface area contributed by atoms with E-state index >= 15 is 0 Å². The van der Waals surface area contributed by atoms with Gasteiger partial charge in [0.1, 0.15) is 0 Å². The Morgan fingerprint density at radius 2 is 2.00 bits per heavy atom. The molecule has 0 fully saturated rings. The highest BCUT2D eigenvalue weighted by atomic mass is 16.1. The molecule has 0 aliphatic heterocycles. The lowest BCUT2D eigenvalue weighted by Gasteiger charge is -2.05. The number of rotatable bonds is 2. The second-order valence-corrected chi connectivity index (χ2v) is 3.58. The van der Waals surface area contributed by atoms with Crippen LogP contribution in [0.2, 0.25) is 0 Å². The summed E-state index contributed by atoms with van der Waals surface area (Å²) in [5.74, 6) is 0. The molecule has 0 N–H and O–H groups in total. The lowest BCUT2D eigenvalue weighted by atomic mass is 10.2. The van der Waals surface area contributed by atoms with Gasteiger partial charge in [-0.3, -0.25) is 9.78 Å². The van der Waals surface area contributed by atoms with Gasteiger partial charge in [-0.15, -0.1) is 0 Å². The van der Waals surface area contributed by atoms with Gasteiger partial charge in [-0.25, -0.2) is 0 Å². The van der Waals surface area contributed by atoms with Crippen LogP contribution in [-0.4, -0.2) is 9.55 Å². The average Bonchev–Trinajstić information content (AvgIpc) is 2.22. The minimum atomic E-state index is 0.0358. The third-order valence-corrected chi connectivity index (χ3v) is 2.16. The number of aromatic nitrogens is 2. The fraction of sp³-hybridized carbons (Fsp3) is 0.167. The molecule has 0 bridgehead atoms. The van der Waals surface area contributed by atoms with Gasteiger partial charge in [-0.1, -0.05) is 6.07 Å². The largest absolute Gasteiger partial charge is 0.350 e. The summed E-state index contributed by atoms with van der Waals surface area (Å²) in [5, 5.41) is 0. The zero-order valence-electron chi connectivity index (χ0n) is 8.55. The summed E-state index contributed by atoms with van der Waals surface area (Å²) in [6, 6.07) is 5.21. The van der Waals surface area contributed by atoms with Gasteiger partial charge < -0.3 is 4.57 Å². The van der Waals surface area contributed by atoms with E-state index in [0.29, 0.717) is 0 Å². The lowest BCUT2D eigenvalue weighted by Crippen LogP contribution is -2.04. The zero-order chi connectivity index (χ0) is 10.7. The van der Waals surface area contributed by atoms with Crippen molar-refractivity contribution in [3.63, 3.8) is 0 Å². The average molecular weight is 200 g/mol. The maximum atomic E-state index is 10.9. The third kappa shape index (κ3) is 2.53. The van der Waals surface area contributed by atoms with E-state index in [2.05, 4.69) is 11.1 Å². The van der Waals surface area contributed by atoms with Gasteiger partial charge in [0.2, 0.25) is 0 Å². The van der Waals surface area contributed by atoms with Crippen molar-refractivity contribution in [2.45, 2.75) is 13.5 Å². The Balaban J connectivity index is 2.22. The Labute approximate surface area is 88.0 Å². The first kappa shape index (κ1) is 9.65. The number of hydrogen-bond donors (Lipinski definition) is 0. The first-order chi connectivity index (χ1) is 7.24. The summed E-state index contributed by atoms with van der Waals surface area (Å²) in [4.78, 5) is 15.0. The molecule has 3 nitrogen and oxygen atoms in total. The molecule has 0 amide bonds. The second-order valence-electron chi connectivity index (χ2n) is 3.58. The van der Waals surface area contributed by atoms with E-state index in [1.54, 1.807) is 24.5 Å². The molecule has 0 aromatic carbocycles. The van der Waals surface area contributed by atoms with Gasteiger partial charge in [0.25, 0.3) is 0 Å². The summed E-state index contributed by atoms with van der Waals surface area (Å²) in [7, 11) is 0. The second kappa shape index (κ2) is 4.09. The van der Waals surface area contributed by atoms with Gasteiger partial charge in [0, 0.05) is 43.5 Å². The van der Waals surface area contributed by atoms with E-state index in [4.69, 9.17) is 0 Å². The van der Waals surface area contributed by atoms with E-state index in [9.17, 15) is 4.79 Å². The first-order valence-corrected chi connectivity index (χ1v) is 4.81. The molecule has 0 atom stereocenters. The van der Waals surface area contributed by atoms with Crippen molar-refractivity contribution in [3.8, 4) is 0 Å². The Kier molecular flexibility index (Phi) is 2.63. The highest BCUT2D eigenvalue weighted by molar-refractivity contribution is 5.17. The summed E-state index contributed by atoms with van der Waals surface area (Å²) >= 11 is 0. The fourth-order valence-corrected chi connectivity index (χ4v) is 1.46. The minimum Gasteiger partial charge on any atom is -0.350 e. The van der Waals surface area contributed by atoms with Crippen LogP contribution in [0.4, 0.5) is 0 Å². The Morgan fingerprint density at radius 1 is 1.27 bits per heavy atom. The van der Waals surface area contributed by atoms with Crippen molar-refractivity contribution in [1.29, 1.82) is 0 Å². The van der Waals surface area contributed by atoms with Crippen LogP contribution in [0.15, 0.2) is 47.8 Å². The molecule has 2 aromatic rings. The molecule has 0 saturated carbocycles. The monoisotopic (exact) mass is 200 g/mol. The zero-order valence-corrected chi connectivity index (χ0v) is 8.55. The van der Waals surface area contributed by atoms with Crippen LogP contribution >= 0.6 is 0 Å². The van der Waals surface area contributed by atoms with E-state index in [1.807, 2.05) is 23.9 Å². The standard InChI is InChI=1S/C12H12N2O/c1-10-6-11(8-13-7-10)9-14-4-2-12(15)3-5-14/h2-8H,9H2,1H3. The Bertz CT molecular complexity index is 497. The molecule has 0 aliphatic carbocycles. The lowest BCUT2D eigenvalue weighted by molar-refractivity contribution is 0.784. The number of hydrogen-bond acceptors (Lipinski definition) is 2. The van der Waals surface area contributed by atoms with Crippen LogP contribution in [-0.2, 0) is 6.54 Å². The third-order valence-electron chi connectivity index (χ3n) is 2.16. The SMILES string of the molecule is Cc1cncc(Cn2ccc(=O)cc2)c1. The van der Waals surface area contributed by atoms with Gasteiger partial charge >= 0.3 is 0 Å². The molecular formula is C12H12N2O. The van der Waals surface area contributed by atoms with Crippen molar-refractivity contribution in [1.82, 2.24) is 9.55 Å². The number of nitrogens with zero attached hydrogens (tertiary/aromatic N) is 2. The van der Waals surface area contributed by atoms with Gasteiger partial charge in [-0.05, 0) is 18.1 Å². The van der Waals surface area contributed by atoms with Gasteiger partial charge in [-0.2, -0.15) is 0 Å². The van der Waals surface area contributed by atoms with Crippen molar-refractivity contribution >= 4 is 0 Å². The van der Waals surface area contributed by atoms with Crippen molar-refractivity contribution < 1.29 is 0 Å². The molecule has 76 valence electrons. The molecule has 0 radical (unpaired) electrons. The topological polar surface area (TPSA) is 34.9 Å². The summed E-state index contributed by atoms with van der Waals surface area (Å²) in [6.45, 7) is 2.76. The van der Waals surface area contributed by atoms with E-state index < -0.39 is 0 Å². The highest BCUT2D eigenvalue weighted by Gasteiger charge is 1.94. The van der Waals surface area contributed by atoms with Gasteiger partial charge in [0.15, 0.2) is 5.43 Å². The maximum Gasteiger partial charge on any atom is 0.181 e. The normalized spacial score (nSPS) is 10.2. The van der Waals surface area contributed by atoms with Crippen LogP contribution in [0, 0.1) is 6.92 Å². The van der Waals surface area contributed by atoms with Crippen LogP contribution in [0.25, 0.3) is 0 Å².